The highest BCUT2D eigenvalue weighted by atomic mass is 32.2. The molecule has 1 aromatic heterocycles. The number of hydrogen-bond donors (Lipinski definition) is 0. The number of anilines is 1. The fraction of sp³-hybridized carbons (Fsp3) is 0.615. The lowest BCUT2D eigenvalue weighted by atomic mass is 10.1. The molecule has 1 fully saturated rings. The van der Waals surface area contributed by atoms with E-state index in [0.29, 0.717) is 6.54 Å². The van der Waals surface area contributed by atoms with Gasteiger partial charge >= 0.3 is 0 Å². The molecule has 2 heterocycles. The average molecular weight is 298 g/mol. The molecule has 1 aliphatic heterocycles. The van der Waals surface area contributed by atoms with Crippen molar-refractivity contribution in [2.45, 2.75) is 18.9 Å². The molecule has 0 spiro atoms. The molecule has 0 unspecified atom stereocenters. The lowest BCUT2D eigenvalue weighted by Crippen LogP contribution is -2.39. The van der Waals surface area contributed by atoms with Gasteiger partial charge in [0, 0.05) is 40.9 Å². The van der Waals surface area contributed by atoms with E-state index in [1.54, 1.807) is 24.6 Å². The van der Waals surface area contributed by atoms with E-state index in [1.165, 1.54) is 4.31 Å². The predicted octanol–water partition coefficient (Wildman–Crippen LogP) is 1.09. The van der Waals surface area contributed by atoms with E-state index in [2.05, 4.69) is 4.98 Å². The van der Waals surface area contributed by atoms with Crippen LogP contribution in [0.1, 0.15) is 24.4 Å². The van der Waals surface area contributed by atoms with Crippen molar-refractivity contribution >= 4 is 16.0 Å². The minimum absolute atomic E-state index is 0.0934. The minimum atomic E-state index is -3.37. The van der Waals surface area contributed by atoms with Gasteiger partial charge in [0.05, 0.1) is 6.04 Å². The molecule has 0 aliphatic carbocycles. The number of rotatable bonds is 4. The van der Waals surface area contributed by atoms with Crippen molar-refractivity contribution < 1.29 is 8.42 Å². The molecule has 6 nitrogen and oxygen atoms in total. The van der Waals surface area contributed by atoms with E-state index in [1.807, 2.05) is 31.1 Å². The van der Waals surface area contributed by atoms with Crippen LogP contribution in [0.3, 0.4) is 0 Å². The molecule has 1 aromatic rings. The molecular formula is C13H22N4O2S. The molecule has 0 saturated carbocycles. The highest BCUT2D eigenvalue weighted by Gasteiger charge is 2.36. The van der Waals surface area contributed by atoms with Crippen LogP contribution in [-0.4, -0.2) is 56.7 Å². The SMILES string of the molecule is CN(C)c1cc([C@H]2CCCN2S(=O)(=O)N(C)C)ccn1. The zero-order valence-electron chi connectivity index (χ0n) is 12.4. The fourth-order valence-electron chi connectivity index (χ4n) is 2.45. The Kier molecular flexibility index (Phi) is 4.31. The topological polar surface area (TPSA) is 56.8 Å². The molecule has 1 atom stereocenters. The van der Waals surface area contributed by atoms with Crippen molar-refractivity contribution in [1.29, 1.82) is 0 Å². The first kappa shape index (κ1) is 15.2. The van der Waals surface area contributed by atoms with Gasteiger partial charge in [-0.05, 0) is 30.5 Å². The van der Waals surface area contributed by atoms with Crippen LogP contribution < -0.4 is 4.90 Å². The Balaban J connectivity index is 2.34. The summed E-state index contributed by atoms with van der Waals surface area (Å²) in [5, 5.41) is 0. The second-order valence-electron chi connectivity index (χ2n) is 5.40. The maximum absolute atomic E-state index is 12.4. The minimum Gasteiger partial charge on any atom is -0.363 e. The smallest absolute Gasteiger partial charge is 0.282 e. The van der Waals surface area contributed by atoms with E-state index >= 15 is 0 Å². The van der Waals surface area contributed by atoms with Gasteiger partial charge in [-0.15, -0.1) is 0 Å². The first-order valence-electron chi connectivity index (χ1n) is 6.66. The molecule has 0 N–H and O–H groups in total. The molecule has 0 bridgehead atoms. The van der Waals surface area contributed by atoms with Gasteiger partial charge in [0.2, 0.25) is 0 Å². The Morgan fingerprint density at radius 1 is 1.30 bits per heavy atom. The van der Waals surface area contributed by atoms with Crippen molar-refractivity contribution in [3.63, 3.8) is 0 Å². The summed E-state index contributed by atoms with van der Waals surface area (Å²) >= 11 is 0. The monoisotopic (exact) mass is 298 g/mol. The summed E-state index contributed by atoms with van der Waals surface area (Å²) in [5.74, 6) is 0.844. The van der Waals surface area contributed by atoms with Gasteiger partial charge in [0.15, 0.2) is 0 Å². The summed E-state index contributed by atoms with van der Waals surface area (Å²) in [5.41, 5.74) is 1.01. The molecule has 0 aromatic carbocycles. The molecule has 20 heavy (non-hydrogen) atoms. The van der Waals surface area contributed by atoms with Gasteiger partial charge in [-0.3, -0.25) is 0 Å². The second-order valence-corrected chi connectivity index (χ2v) is 7.50. The van der Waals surface area contributed by atoms with Gasteiger partial charge in [-0.25, -0.2) is 4.98 Å². The van der Waals surface area contributed by atoms with E-state index in [4.69, 9.17) is 0 Å². The van der Waals surface area contributed by atoms with E-state index < -0.39 is 10.2 Å². The van der Waals surface area contributed by atoms with Crippen molar-refractivity contribution in [3.8, 4) is 0 Å². The largest absolute Gasteiger partial charge is 0.363 e. The van der Waals surface area contributed by atoms with E-state index in [9.17, 15) is 8.42 Å². The van der Waals surface area contributed by atoms with Crippen molar-refractivity contribution in [3.05, 3.63) is 23.9 Å². The highest BCUT2D eigenvalue weighted by Crippen LogP contribution is 2.35. The first-order chi connectivity index (χ1) is 9.34. The standard InChI is InChI=1S/C13H22N4O2S/c1-15(2)13-10-11(7-8-14-13)12-6-5-9-17(12)20(18,19)16(3)4/h7-8,10,12H,5-6,9H2,1-4H3/t12-/m1/s1. The van der Waals surface area contributed by atoms with Crippen LogP contribution in [-0.2, 0) is 10.2 Å². The zero-order chi connectivity index (χ0) is 14.9. The van der Waals surface area contributed by atoms with Crippen LogP contribution in [0, 0.1) is 0 Å². The third-order valence-corrected chi connectivity index (χ3v) is 5.53. The van der Waals surface area contributed by atoms with E-state index in [0.717, 1.165) is 24.2 Å². The van der Waals surface area contributed by atoms with Gasteiger partial charge in [-0.2, -0.15) is 17.0 Å². The van der Waals surface area contributed by atoms with Crippen LogP contribution in [0.15, 0.2) is 18.3 Å². The molecule has 1 aliphatic rings. The Morgan fingerprint density at radius 2 is 2.00 bits per heavy atom. The fourth-order valence-corrected chi connectivity index (χ4v) is 3.77. The molecule has 7 heteroatoms. The summed E-state index contributed by atoms with van der Waals surface area (Å²) in [6, 6.07) is 3.78. The Morgan fingerprint density at radius 3 is 2.60 bits per heavy atom. The molecule has 2 rings (SSSR count). The number of pyridine rings is 1. The maximum Gasteiger partial charge on any atom is 0.282 e. The van der Waals surface area contributed by atoms with Crippen molar-refractivity contribution in [2.75, 3.05) is 39.6 Å². The molecule has 1 saturated heterocycles. The van der Waals surface area contributed by atoms with Gasteiger partial charge in [-0.1, -0.05) is 0 Å². The number of hydrogen-bond acceptors (Lipinski definition) is 4. The third-order valence-electron chi connectivity index (χ3n) is 3.57. The summed E-state index contributed by atoms with van der Waals surface area (Å²) in [6.45, 7) is 0.574. The summed E-state index contributed by atoms with van der Waals surface area (Å²) in [6.07, 6.45) is 3.48. The summed E-state index contributed by atoms with van der Waals surface area (Å²) < 4.78 is 27.6. The quantitative estimate of drug-likeness (QED) is 0.835. The van der Waals surface area contributed by atoms with Crippen LogP contribution in [0.25, 0.3) is 0 Å². The lowest BCUT2D eigenvalue weighted by molar-refractivity contribution is 0.362. The lowest BCUT2D eigenvalue weighted by Gasteiger charge is -2.27. The summed E-state index contributed by atoms with van der Waals surface area (Å²) in [7, 11) is 3.62. The van der Waals surface area contributed by atoms with Gasteiger partial charge < -0.3 is 4.90 Å². The summed E-state index contributed by atoms with van der Waals surface area (Å²) in [4.78, 5) is 6.20. The first-order valence-corrected chi connectivity index (χ1v) is 8.06. The van der Waals surface area contributed by atoms with E-state index in [-0.39, 0.29) is 6.04 Å². The zero-order valence-corrected chi connectivity index (χ0v) is 13.3. The Hall–Kier alpha value is -1.18. The Labute approximate surface area is 121 Å². The molecule has 0 amide bonds. The number of nitrogens with zero attached hydrogens (tertiary/aromatic N) is 4. The van der Waals surface area contributed by atoms with Gasteiger partial charge in [0.25, 0.3) is 10.2 Å². The highest BCUT2D eigenvalue weighted by molar-refractivity contribution is 7.86. The van der Waals surface area contributed by atoms with Crippen LogP contribution in [0.5, 0.6) is 0 Å². The molecular weight excluding hydrogens is 276 g/mol. The molecule has 0 radical (unpaired) electrons. The third kappa shape index (κ3) is 2.79. The predicted molar refractivity (Wildman–Crippen MR) is 79.9 cm³/mol. The van der Waals surface area contributed by atoms with Crippen LogP contribution >= 0.6 is 0 Å². The average Bonchev–Trinajstić information content (AvgIpc) is 2.88. The Bertz CT molecular complexity index is 571. The van der Waals surface area contributed by atoms with Crippen LogP contribution in [0.4, 0.5) is 5.82 Å². The second kappa shape index (κ2) is 5.67. The van der Waals surface area contributed by atoms with Crippen LogP contribution in [0.2, 0.25) is 0 Å². The van der Waals surface area contributed by atoms with Crippen molar-refractivity contribution in [1.82, 2.24) is 13.6 Å². The normalized spacial score (nSPS) is 20.6. The maximum atomic E-state index is 12.4. The van der Waals surface area contributed by atoms with Crippen molar-refractivity contribution in [2.24, 2.45) is 0 Å². The van der Waals surface area contributed by atoms with Gasteiger partial charge in [0.1, 0.15) is 5.82 Å². The number of aromatic nitrogens is 1. The molecule has 112 valence electrons.